The number of nitrogens with zero attached hydrogens (tertiary/aromatic N) is 1. The number of carboxylic acid groups (broad SMARTS) is 1. The van der Waals surface area contributed by atoms with Gasteiger partial charge in [0.1, 0.15) is 5.75 Å². The van der Waals surface area contributed by atoms with Crippen LogP contribution in [-0.2, 0) is 4.79 Å². The molecule has 1 aliphatic heterocycles. The molecule has 0 aromatic heterocycles. The standard InChI is InChI=1S/C19H15ClN2O4S/c1-10-3-4-11(7-15(10)26-2)8-16-17(23)22-19(27-16)21-12-5-6-14(20)13(9-12)18(24)25/h3-9H,1-2H3,(H,24,25)(H,21,22,23)/b16-8-. The molecule has 0 aliphatic carbocycles. The number of carboxylic acids is 1. The SMILES string of the molecule is COc1cc(/C=C2\SC(=Nc3ccc(Cl)c(C(=O)O)c3)NC2=O)ccc1C. The van der Waals surface area contributed by atoms with Gasteiger partial charge in [-0.15, -0.1) is 0 Å². The van der Waals surface area contributed by atoms with Crippen molar-refractivity contribution in [3.63, 3.8) is 0 Å². The van der Waals surface area contributed by atoms with Crippen LogP contribution in [0.25, 0.3) is 6.08 Å². The molecule has 1 saturated heterocycles. The smallest absolute Gasteiger partial charge is 0.337 e. The average Bonchev–Trinajstić information content (AvgIpc) is 2.97. The number of thioether (sulfide) groups is 1. The van der Waals surface area contributed by atoms with Crippen LogP contribution in [0.3, 0.4) is 0 Å². The molecule has 0 radical (unpaired) electrons. The highest BCUT2D eigenvalue weighted by atomic mass is 35.5. The van der Waals surface area contributed by atoms with E-state index >= 15 is 0 Å². The van der Waals surface area contributed by atoms with Crippen LogP contribution in [0.15, 0.2) is 46.3 Å². The minimum Gasteiger partial charge on any atom is -0.496 e. The van der Waals surface area contributed by atoms with Crippen molar-refractivity contribution in [3.8, 4) is 5.75 Å². The average molecular weight is 403 g/mol. The Balaban J connectivity index is 1.86. The summed E-state index contributed by atoms with van der Waals surface area (Å²) in [5.41, 5.74) is 2.17. The molecule has 0 spiro atoms. The van der Waals surface area contributed by atoms with Crippen molar-refractivity contribution in [3.05, 3.63) is 63.0 Å². The number of rotatable bonds is 4. The fourth-order valence-electron chi connectivity index (χ4n) is 2.42. The first kappa shape index (κ1) is 19.0. The van der Waals surface area contributed by atoms with E-state index in [-0.39, 0.29) is 16.5 Å². The van der Waals surface area contributed by atoms with E-state index in [0.717, 1.165) is 16.9 Å². The molecule has 0 bridgehead atoms. The van der Waals surface area contributed by atoms with Gasteiger partial charge in [-0.3, -0.25) is 4.79 Å². The van der Waals surface area contributed by atoms with Gasteiger partial charge in [-0.25, -0.2) is 9.79 Å². The highest BCUT2D eigenvalue weighted by molar-refractivity contribution is 8.18. The van der Waals surface area contributed by atoms with Gasteiger partial charge in [0.25, 0.3) is 5.91 Å². The lowest BCUT2D eigenvalue weighted by atomic mass is 10.1. The number of aliphatic imine (C=N–C) groups is 1. The van der Waals surface area contributed by atoms with Crippen LogP contribution < -0.4 is 10.1 Å². The zero-order chi connectivity index (χ0) is 19.6. The number of amidine groups is 1. The second-order valence-corrected chi connectivity index (χ2v) is 7.12. The molecule has 0 atom stereocenters. The number of nitrogens with one attached hydrogen (secondary N) is 1. The Labute approximate surface area is 164 Å². The van der Waals surface area contributed by atoms with Gasteiger partial charge in [-0.1, -0.05) is 23.7 Å². The third kappa shape index (κ3) is 4.32. The van der Waals surface area contributed by atoms with Crippen molar-refractivity contribution in [2.75, 3.05) is 7.11 Å². The highest BCUT2D eigenvalue weighted by Crippen LogP contribution is 2.30. The van der Waals surface area contributed by atoms with Gasteiger partial charge in [0.15, 0.2) is 5.17 Å². The quantitative estimate of drug-likeness (QED) is 0.746. The number of hydrogen-bond donors (Lipinski definition) is 2. The van der Waals surface area contributed by atoms with Gasteiger partial charge in [0.05, 0.1) is 28.3 Å². The molecule has 6 nitrogen and oxygen atoms in total. The Hall–Kier alpha value is -2.77. The summed E-state index contributed by atoms with van der Waals surface area (Å²) in [6.07, 6.45) is 1.75. The van der Waals surface area contributed by atoms with Crippen LogP contribution in [0.2, 0.25) is 5.02 Å². The fourth-order valence-corrected chi connectivity index (χ4v) is 3.46. The van der Waals surface area contributed by atoms with E-state index in [2.05, 4.69) is 10.3 Å². The molecule has 1 fully saturated rings. The number of methoxy groups -OCH3 is 1. The molecule has 2 aromatic carbocycles. The van der Waals surface area contributed by atoms with E-state index in [9.17, 15) is 9.59 Å². The van der Waals surface area contributed by atoms with Gasteiger partial charge >= 0.3 is 5.97 Å². The summed E-state index contributed by atoms with van der Waals surface area (Å²) in [5.74, 6) is -0.672. The predicted octanol–water partition coefficient (Wildman–Crippen LogP) is 4.25. The van der Waals surface area contributed by atoms with Crippen LogP contribution >= 0.6 is 23.4 Å². The van der Waals surface area contributed by atoms with Crippen LogP contribution in [0.5, 0.6) is 5.75 Å². The lowest BCUT2D eigenvalue weighted by Crippen LogP contribution is -2.19. The molecule has 0 unspecified atom stereocenters. The molecule has 3 rings (SSSR count). The lowest BCUT2D eigenvalue weighted by molar-refractivity contribution is -0.115. The van der Waals surface area contributed by atoms with Crippen LogP contribution in [0.4, 0.5) is 5.69 Å². The van der Waals surface area contributed by atoms with Crippen LogP contribution in [-0.4, -0.2) is 29.3 Å². The number of aryl methyl sites for hydroxylation is 1. The summed E-state index contributed by atoms with van der Waals surface area (Å²) >= 11 is 7.03. The topological polar surface area (TPSA) is 88.0 Å². The van der Waals surface area contributed by atoms with Gasteiger partial charge in [-0.2, -0.15) is 0 Å². The maximum absolute atomic E-state index is 12.2. The number of hydrogen-bond acceptors (Lipinski definition) is 5. The Morgan fingerprint density at radius 2 is 2.07 bits per heavy atom. The molecule has 2 aromatic rings. The monoisotopic (exact) mass is 402 g/mol. The van der Waals surface area contributed by atoms with E-state index in [4.69, 9.17) is 21.4 Å². The fraction of sp³-hybridized carbons (Fsp3) is 0.105. The summed E-state index contributed by atoms with van der Waals surface area (Å²) in [6.45, 7) is 1.94. The molecule has 2 N–H and O–H groups in total. The molecule has 0 saturated carbocycles. The maximum atomic E-state index is 12.2. The number of carbonyl (C=O) groups is 2. The third-order valence-corrected chi connectivity index (χ3v) is 5.03. The molecule has 8 heteroatoms. The number of aromatic carboxylic acids is 1. The minimum atomic E-state index is -1.14. The molecule has 1 amide bonds. The summed E-state index contributed by atoms with van der Waals surface area (Å²) < 4.78 is 5.30. The van der Waals surface area contributed by atoms with Gasteiger partial charge < -0.3 is 15.2 Å². The van der Waals surface area contributed by atoms with Crippen molar-refractivity contribution in [1.29, 1.82) is 0 Å². The number of carbonyl (C=O) groups excluding carboxylic acids is 1. The second kappa shape index (κ2) is 7.85. The number of halogens is 1. The molecule has 138 valence electrons. The van der Waals surface area contributed by atoms with Gasteiger partial charge in [0.2, 0.25) is 0 Å². The van der Waals surface area contributed by atoms with E-state index < -0.39 is 5.97 Å². The second-order valence-electron chi connectivity index (χ2n) is 5.68. The van der Waals surface area contributed by atoms with Gasteiger partial charge in [0, 0.05) is 0 Å². The van der Waals surface area contributed by atoms with Crippen molar-refractivity contribution in [2.45, 2.75) is 6.92 Å². The van der Waals surface area contributed by atoms with Crippen molar-refractivity contribution in [2.24, 2.45) is 4.99 Å². The summed E-state index contributed by atoms with van der Waals surface area (Å²) in [4.78, 5) is 28.1. The predicted molar refractivity (Wildman–Crippen MR) is 107 cm³/mol. The summed E-state index contributed by atoms with van der Waals surface area (Å²) in [6, 6.07) is 10.1. The van der Waals surface area contributed by atoms with E-state index in [1.54, 1.807) is 19.3 Å². The van der Waals surface area contributed by atoms with E-state index in [1.165, 1.54) is 23.9 Å². The molecule has 1 heterocycles. The first-order valence-electron chi connectivity index (χ1n) is 7.84. The Bertz CT molecular complexity index is 1000. The van der Waals surface area contributed by atoms with Crippen LogP contribution in [0, 0.1) is 6.92 Å². The molecule has 1 aliphatic rings. The molecular formula is C19H15ClN2O4S. The normalized spacial score (nSPS) is 16.6. The van der Waals surface area contributed by atoms with E-state index in [1.807, 2.05) is 25.1 Å². The van der Waals surface area contributed by atoms with Crippen LogP contribution in [0.1, 0.15) is 21.5 Å². The minimum absolute atomic E-state index is 0.0460. The number of amides is 1. The lowest BCUT2D eigenvalue weighted by Gasteiger charge is -2.05. The Morgan fingerprint density at radius 1 is 1.30 bits per heavy atom. The third-order valence-electron chi connectivity index (χ3n) is 3.79. The van der Waals surface area contributed by atoms with Crippen molar-refractivity contribution >= 4 is 52.2 Å². The van der Waals surface area contributed by atoms with Gasteiger partial charge in [-0.05, 0) is 60.2 Å². The number of benzene rings is 2. The first-order valence-corrected chi connectivity index (χ1v) is 9.04. The summed E-state index contributed by atoms with van der Waals surface area (Å²) in [5, 5.41) is 12.3. The first-order chi connectivity index (χ1) is 12.9. The molecule has 27 heavy (non-hydrogen) atoms. The largest absolute Gasteiger partial charge is 0.496 e. The maximum Gasteiger partial charge on any atom is 0.337 e. The number of ether oxygens (including phenoxy) is 1. The zero-order valence-electron chi connectivity index (χ0n) is 14.4. The summed E-state index contributed by atoms with van der Waals surface area (Å²) in [7, 11) is 1.60. The van der Waals surface area contributed by atoms with Crippen molar-refractivity contribution < 1.29 is 19.4 Å². The highest BCUT2D eigenvalue weighted by Gasteiger charge is 2.24. The Morgan fingerprint density at radius 3 is 2.78 bits per heavy atom. The molecular weight excluding hydrogens is 388 g/mol. The zero-order valence-corrected chi connectivity index (χ0v) is 16.0. The van der Waals surface area contributed by atoms with Crippen molar-refractivity contribution in [1.82, 2.24) is 5.32 Å². The van der Waals surface area contributed by atoms with E-state index in [0.29, 0.717) is 15.8 Å². The Kier molecular flexibility index (Phi) is 5.53.